The van der Waals surface area contributed by atoms with Crippen molar-refractivity contribution in [1.82, 2.24) is 0 Å². The topological polar surface area (TPSA) is 73.1 Å². The number of carboxylic acid groups (broad SMARTS) is 1. The van der Waals surface area contributed by atoms with E-state index in [1.807, 2.05) is 6.07 Å². The van der Waals surface area contributed by atoms with Crippen molar-refractivity contribution in [3.8, 4) is 6.07 Å². The molecule has 1 aromatic rings. The van der Waals surface area contributed by atoms with Crippen molar-refractivity contribution in [3.05, 3.63) is 28.2 Å². The molecule has 82 valence electrons. The van der Waals surface area contributed by atoms with E-state index in [1.165, 1.54) is 0 Å². The number of nitriles is 1. The molecule has 0 unspecified atom stereocenters. The molecule has 4 nitrogen and oxygen atoms in total. The van der Waals surface area contributed by atoms with Crippen LogP contribution in [0.15, 0.2) is 22.7 Å². The van der Waals surface area contributed by atoms with Crippen LogP contribution in [0.3, 0.4) is 0 Å². The third kappa shape index (κ3) is 1.89. The summed E-state index contributed by atoms with van der Waals surface area (Å²) < 4.78 is 0.815. The van der Waals surface area contributed by atoms with Gasteiger partial charge in [-0.2, -0.15) is 5.26 Å². The van der Waals surface area contributed by atoms with E-state index < -0.39 is 11.5 Å². The Labute approximate surface area is 101 Å². The van der Waals surface area contributed by atoms with Crippen molar-refractivity contribution >= 4 is 27.6 Å². The first-order chi connectivity index (χ1) is 7.57. The first-order valence-electron chi connectivity index (χ1n) is 4.79. The van der Waals surface area contributed by atoms with Crippen LogP contribution in [0.2, 0.25) is 0 Å². The molecule has 0 radical (unpaired) electrons. The second kappa shape index (κ2) is 3.80. The Bertz CT molecular complexity index is 489. The van der Waals surface area contributed by atoms with Gasteiger partial charge in [0.25, 0.3) is 0 Å². The first kappa shape index (κ1) is 11.0. The van der Waals surface area contributed by atoms with E-state index in [4.69, 9.17) is 10.4 Å². The van der Waals surface area contributed by atoms with E-state index in [0.717, 1.165) is 4.47 Å². The Hall–Kier alpha value is -1.54. The van der Waals surface area contributed by atoms with Gasteiger partial charge in [-0.05, 0) is 31.0 Å². The van der Waals surface area contributed by atoms with Crippen molar-refractivity contribution in [3.63, 3.8) is 0 Å². The predicted octanol–water partition coefficient (Wildman–Crippen LogP) is 2.35. The third-order valence-electron chi connectivity index (χ3n) is 2.64. The van der Waals surface area contributed by atoms with Gasteiger partial charge in [0.1, 0.15) is 11.6 Å². The van der Waals surface area contributed by atoms with E-state index in [1.54, 1.807) is 18.2 Å². The molecular formula is C11H9BrN2O2. The maximum absolute atomic E-state index is 11.0. The zero-order valence-corrected chi connectivity index (χ0v) is 9.91. The van der Waals surface area contributed by atoms with Gasteiger partial charge in [-0.1, -0.05) is 15.9 Å². The Morgan fingerprint density at radius 1 is 1.56 bits per heavy atom. The van der Waals surface area contributed by atoms with E-state index >= 15 is 0 Å². The molecule has 2 rings (SSSR count). The van der Waals surface area contributed by atoms with Crippen LogP contribution >= 0.6 is 15.9 Å². The van der Waals surface area contributed by atoms with E-state index in [9.17, 15) is 4.79 Å². The van der Waals surface area contributed by atoms with Crippen molar-refractivity contribution in [1.29, 1.82) is 5.26 Å². The average Bonchev–Trinajstić information content (AvgIpc) is 2.99. The quantitative estimate of drug-likeness (QED) is 0.892. The van der Waals surface area contributed by atoms with Crippen LogP contribution in [0, 0.1) is 11.3 Å². The van der Waals surface area contributed by atoms with Gasteiger partial charge in [0.2, 0.25) is 0 Å². The molecule has 16 heavy (non-hydrogen) atoms. The number of nitrogens with zero attached hydrogens (tertiary/aromatic N) is 1. The Morgan fingerprint density at radius 2 is 2.25 bits per heavy atom. The number of hydrogen-bond donors (Lipinski definition) is 2. The van der Waals surface area contributed by atoms with Gasteiger partial charge in [0.15, 0.2) is 0 Å². The summed E-state index contributed by atoms with van der Waals surface area (Å²) in [5.41, 5.74) is 0.152. The van der Waals surface area contributed by atoms with Gasteiger partial charge < -0.3 is 10.4 Å². The summed E-state index contributed by atoms with van der Waals surface area (Å²) in [5, 5.41) is 20.9. The second-order valence-electron chi connectivity index (χ2n) is 3.81. The van der Waals surface area contributed by atoms with Gasteiger partial charge >= 0.3 is 5.97 Å². The molecule has 0 spiro atoms. The van der Waals surface area contributed by atoms with E-state index in [2.05, 4.69) is 21.2 Å². The van der Waals surface area contributed by atoms with Gasteiger partial charge in [-0.3, -0.25) is 0 Å². The lowest BCUT2D eigenvalue weighted by Crippen LogP contribution is -2.31. The third-order valence-corrected chi connectivity index (χ3v) is 3.13. The predicted molar refractivity (Wildman–Crippen MR) is 62.1 cm³/mol. The monoisotopic (exact) mass is 280 g/mol. The van der Waals surface area contributed by atoms with Gasteiger partial charge in [0.05, 0.1) is 11.3 Å². The summed E-state index contributed by atoms with van der Waals surface area (Å²) >= 11 is 3.29. The Morgan fingerprint density at radius 3 is 2.75 bits per heavy atom. The maximum Gasteiger partial charge on any atom is 0.329 e. The van der Waals surface area contributed by atoms with Gasteiger partial charge in [0, 0.05) is 4.47 Å². The highest BCUT2D eigenvalue weighted by Gasteiger charge is 2.50. The van der Waals surface area contributed by atoms with Crippen LogP contribution in [-0.2, 0) is 4.79 Å². The standard InChI is InChI=1S/C11H9BrN2O2/c12-8-2-1-7(6-13)9(5-8)14-11(3-4-11)10(15)16/h1-2,5,14H,3-4H2,(H,15,16). The molecule has 1 aromatic carbocycles. The summed E-state index contributed by atoms with van der Waals surface area (Å²) in [6.45, 7) is 0. The molecule has 0 aliphatic heterocycles. The second-order valence-corrected chi connectivity index (χ2v) is 4.73. The van der Waals surface area contributed by atoms with Crippen LogP contribution in [0.25, 0.3) is 0 Å². The number of halogens is 1. The van der Waals surface area contributed by atoms with Crippen molar-refractivity contribution in [2.75, 3.05) is 5.32 Å². The number of anilines is 1. The summed E-state index contributed by atoms with van der Waals surface area (Å²) in [7, 11) is 0. The molecule has 1 aliphatic rings. The number of benzene rings is 1. The van der Waals surface area contributed by atoms with Gasteiger partial charge in [-0.15, -0.1) is 0 Å². The number of nitrogens with one attached hydrogen (secondary N) is 1. The number of carboxylic acids is 1. The summed E-state index contributed by atoms with van der Waals surface area (Å²) in [6, 6.07) is 7.17. The minimum Gasteiger partial charge on any atom is -0.480 e. The molecule has 0 heterocycles. The fraction of sp³-hybridized carbons (Fsp3) is 0.273. The molecule has 1 fully saturated rings. The van der Waals surface area contributed by atoms with Crippen molar-refractivity contribution in [2.45, 2.75) is 18.4 Å². The zero-order valence-electron chi connectivity index (χ0n) is 8.33. The number of carbonyl (C=O) groups is 1. The molecule has 0 amide bonds. The molecule has 0 atom stereocenters. The molecule has 0 saturated heterocycles. The van der Waals surface area contributed by atoms with Crippen LogP contribution in [0.1, 0.15) is 18.4 Å². The van der Waals surface area contributed by atoms with Crippen LogP contribution in [0.4, 0.5) is 5.69 Å². The summed E-state index contributed by atoms with van der Waals surface area (Å²) in [5.74, 6) is -0.864. The minimum atomic E-state index is -0.869. The van der Waals surface area contributed by atoms with Crippen LogP contribution in [-0.4, -0.2) is 16.6 Å². The molecule has 1 aliphatic carbocycles. The first-order valence-corrected chi connectivity index (χ1v) is 5.58. The molecule has 2 N–H and O–H groups in total. The lowest BCUT2D eigenvalue weighted by molar-refractivity contribution is -0.138. The molecule has 1 saturated carbocycles. The average molecular weight is 281 g/mol. The van der Waals surface area contributed by atoms with Gasteiger partial charge in [-0.25, -0.2) is 4.79 Å². The van der Waals surface area contributed by atoms with E-state index in [0.29, 0.717) is 24.1 Å². The fourth-order valence-electron chi connectivity index (χ4n) is 1.49. The normalized spacial score (nSPS) is 16.2. The molecule has 0 bridgehead atoms. The Kier molecular flexibility index (Phi) is 2.60. The maximum atomic E-state index is 11.0. The summed E-state index contributed by atoms with van der Waals surface area (Å²) in [4.78, 5) is 11.0. The van der Waals surface area contributed by atoms with Crippen LogP contribution < -0.4 is 5.32 Å². The highest BCUT2D eigenvalue weighted by molar-refractivity contribution is 9.10. The lowest BCUT2D eigenvalue weighted by atomic mass is 10.1. The Balaban J connectivity index is 2.31. The smallest absolute Gasteiger partial charge is 0.329 e. The fourth-order valence-corrected chi connectivity index (χ4v) is 1.85. The highest BCUT2D eigenvalue weighted by atomic mass is 79.9. The largest absolute Gasteiger partial charge is 0.480 e. The van der Waals surface area contributed by atoms with Crippen LogP contribution in [0.5, 0.6) is 0 Å². The zero-order chi connectivity index (χ0) is 11.8. The summed E-state index contributed by atoms with van der Waals surface area (Å²) in [6.07, 6.45) is 1.19. The molecule has 0 aromatic heterocycles. The number of rotatable bonds is 3. The van der Waals surface area contributed by atoms with E-state index in [-0.39, 0.29) is 0 Å². The number of aliphatic carboxylic acids is 1. The highest BCUT2D eigenvalue weighted by Crippen LogP contribution is 2.40. The SMILES string of the molecule is N#Cc1ccc(Br)cc1NC1(C(=O)O)CC1. The lowest BCUT2D eigenvalue weighted by Gasteiger charge is -2.15. The minimum absolute atomic E-state index is 0.454. The molecular weight excluding hydrogens is 272 g/mol. The van der Waals surface area contributed by atoms with Crippen molar-refractivity contribution < 1.29 is 9.90 Å². The van der Waals surface area contributed by atoms with Crippen molar-refractivity contribution in [2.24, 2.45) is 0 Å². The number of hydrogen-bond acceptors (Lipinski definition) is 3. The molecule has 5 heteroatoms.